The summed E-state index contributed by atoms with van der Waals surface area (Å²) in [6.45, 7) is 0.828. The number of hydrogen-bond acceptors (Lipinski definition) is 9. The maximum atomic E-state index is 12.6. The Morgan fingerprint density at radius 2 is 1.88 bits per heavy atom. The number of rotatable bonds is 6. The van der Waals surface area contributed by atoms with E-state index in [2.05, 4.69) is 30.2 Å². The number of aromatic nitrogens is 5. The minimum Gasteiger partial charge on any atom is -0.487 e. The molecule has 1 atom stereocenters. The highest BCUT2D eigenvalue weighted by molar-refractivity contribution is 5.66. The van der Waals surface area contributed by atoms with Gasteiger partial charge in [-0.25, -0.2) is 0 Å². The van der Waals surface area contributed by atoms with Crippen LogP contribution in [0.25, 0.3) is 11.6 Å². The molecule has 208 valence electrons. The molecule has 1 N–H and O–H groups in total. The second kappa shape index (κ2) is 9.84. The first-order valence-electron chi connectivity index (χ1n) is 12.5. The second-order valence-electron chi connectivity index (χ2n) is 9.77. The van der Waals surface area contributed by atoms with Crippen LogP contribution in [0.3, 0.4) is 0 Å². The third-order valence-electron chi connectivity index (χ3n) is 7.16. The molecule has 0 saturated carbocycles. The van der Waals surface area contributed by atoms with Crippen molar-refractivity contribution in [3.05, 3.63) is 65.7 Å². The van der Waals surface area contributed by atoms with E-state index in [1.54, 1.807) is 18.2 Å². The minimum absolute atomic E-state index is 0.0606. The van der Waals surface area contributed by atoms with Crippen molar-refractivity contribution < 1.29 is 37.1 Å². The fourth-order valence-electron chi connectivity index (χ4n) is 5.32. The zero-order valence-corrected chi connectivity index (χ0v) is 20.9. The fraction of sp³-hybridized carbons (Fsp3) is 0.346. The number of carboxylic acids is 1. The van der Waals surface area contributed by atoms with Gasteiger partial charge in [0.1, 0.15) is 17.1 Å². The zero-order chi connectivity index (χ0) is 27.9. The highest BCUT2D eigenvalue weighted by Gasteiger charge is 2.44. The monoisotopic (exact) mass is 556 g/mol. The van der Waals surface area contributed by atoms with Gasteiger partial charge in [0.05, 0.1) is 0 Å². The first kappa shape index (κ1) is 25.6. The largest absolute Gasteiger partial charge is 0.573 e. The van der Waals surface area contributed by atoms with Gasteiger partial charge in [-0.05, 0) is 35.4 Å². The van der Waals surface area contributed by atoms with Crippen molar-refractivity contribution in [2.75, 3.05) is 18.0 Å². The average Bonchev–Trinajstić information content (AvgIpc) is 3.58. The summed E-state index contributed by atoms with van der Waals surface area (Å²) in [5, 5.41) is 24.6. The molecule has 2 aliphatic heterocycles. The second-order valence-corrected chi connectivity index (χ2v) is 9.77. The number of nitrogens with zero attached hydrogens (tertiary/aromatic N) is 6. The number of anilines is 1. The third-order valence-corrected chi connectivity index (χ3v) is 7.16. The van der Waals surface area contributed by atoms with Crippen LogP contribution in [0.4, 0.5) is 19.0 Å². The maximum absolute atomic E-state index is 12.6. The lowest BCUT2D eigenvalue weighted by Gasteiger charge is -2.47. The highest BCUT2D eigenvalue weighted by atomic mass is 19.4. The van der Waals surface area contributed by atoms with Crippen molar-refractivity contribution in [1.29, 1.82) is 0 Å². The van der Waals surface area contributed by atoms with Crippen LogP contribution >= 0.6 is 0 Å². The number of aliphatic carboxylic acids is 1. The van der Waals surface area contributed by atoms with E-state index in [-0.39, 0.29) is 23.3 Å². The van der Waals surface area contributed by atoms with Gasteiger partial charge in [-0.15, -0.1) is 23.4 Å². The Morgan fingerprint density at radius 1 is 1.12 bits per heavy atom. The Hall–Kier alpha value is -4.62. The van der Waals surface area contributed by atoms with E-state index < -0.39 is 24.5 Å². The van der Waals surface area contributed by atoms with E-state index in [4.69, 9.17) is 14.4 Å². The van der Waals surface area contributed by atoms with Crippen LogP contribution in [0, 0.1) is 0 Å². The summed E-state index contributed by atoms with van der Waals surface area (Å²) in [5.74, 6) is 0.352. The van der Waals surface area contributed by atoms with Gasteiger partial charge in [-0.1, -0.05) is 35.5 Å². The molecule has 0 bridgehead atoms. The van der Waals surface area contributed by atoms with Crippen LogP contribution in [0.2, 0.25) is 0 Å². The number of alkyl halides is 3. The Morgan fingerprint density at radius 3 is 2.60 bits per heavy atom. The van der Waals surface area contributed by atoms with Gasteiger partial charge < -0.3 is 24.0 Å². The first-order chi connectivity index (χ1) is 19.2. The van der Waals surface area contributed by atoms with Crippen molar-refractivity contribution in [1.82, 2.24) is 25.4 Å². The van der Waals surface area contributed by atoms with Crippen molar-refractivity contribution in [2.45, 2.75) is 43.7 Å². The molecular weight excluding hydrogens is 533 g/mol. The number of para-hydroxylation sites is 1. The molecule has 2 aliphatic rings. The number of hydrogen-bond donors (Lipinski definition) is 1. The van der Waals surface area contributed by atoms with Gasteiger partial charge >= 0.3 is 12.3 Å². The Kier molecular flexibility index (Phi) is 6.31. The molecule has 11 nitrogen and oxygen atoms in total. The molecular formula is C26H23F3N6O5. The van der Waals surface area contributed by atoms with Gasteiger partial charge in [-0.2, -0.15) is 4.80 Å². The summed E-state index contributed by atoms with van der Waals surface area (Å²) < 4.78 is 53.9. The van der Waals surface area contributed by atoms with E-state index in [9.17, 15) is 18.0 Å². The van der Waals surface area contributed by atoms with E-state index in [0.29, 0.717) is 38.2 Å². The number of carbonyl (C=O) groups is 1. The molecule has 2 aromatic carbocycles. The topological polar surface area (TPSA) is 129 Å². The molecule has 14 heteroatoms. The summed E-state index contributed by atoms with van der Waals surface area (Å²) in [6, 6.07) is 15.5. The zero-order valence-electron chi connectivity index (χ0n) is 20.9. The van der Waals surface area contributed by atoms with E-state index >= 15 is 0 Å². The van der Waals surface area contributed by atoms with Crippen LogP contribution in [0.5, 0.6) is 11.5 Å². The first-order valence-corrected chi connectivity index (χ1v) is 12.5. The van der Waals surface area contributed by atoms with E-state index in [0.717, 1.165) is 21.7 Å². The van der Waals surface area contributed by atoms with Crippen molar-refractivity contribution in [3.63, 3.8) is 0 Å². The maximum Gasteiger partial charge on any atom is 0.573 e. The quantitative estimate of drug-likeness (QED) is 0.368. The molecule has 4 aromatic rings. The third kappa shape index (κ3) is 5.28. The Labute approximate surface area is 225 Å². The lowest BCUT2D eigenvalue weighted by Crippen LogP contribution is -2.50. The van der Waals surface area contributed by atoms with Gasteiger partial charge in [0, 0.05) is 43.5 Å². The summed E-state index contributed by atoms with van der Waals surface area (Å²) in [7, 11) is 0. The summed E-state index contributed by atoms with van der Waals surface area (Å²) in [6.07, 6.45) is -2.71. The number of carboxylic acid groups (broad SMARTS) is 1. The molecule has 40 heavy (non-hydrogen) atoms. The van der Waals surface area contributed by atoms with Gasteiger partial charge in [0.2, 0.25) is 11.6 Å². The number of fused-ring (bicyclic) bond motifs is 1. The smallest absolute Gasteiger partial charge is 0.487 e. The Balaban J connectivity index is 1.17. The summed E-state index contributed by atoms with van der Waals surface area (Å²) in [5.41, 5.74) is 1.41. The van der Waals surface area contributed by atoms with Gasteiger partial charge in [0.25, 0.3) is 0 Å². The van der Waals surface area contributed by atoms with Crippen LogP contribution in [-0.4, -0.2) is 61.5 Å². The Bertz CT molecular complexity index is 1510. The van der Waals surface area contributed by atoms with E-state index in [1.807, 2.05) is 24.3 Å². The van der Waals surface area contributed by atoms with Gasteiger partial charge in [-0.3, -0.25) is 4.79 Å². The van der Waals surface area contributed by atoms with Crippen LogP contribution in [0.15, 0.2) is 59.1 Å². The molecule has 6 rings (SSSR count). The lowest BCUT2D eigenvalue weighted by molar-refractivity contribution is -0.274. The normalized spacial score (nSPS) is 18.3. The molecule has 4 heterocycles. The molecule has 1 spiro atoms. The molecule has 1 saturated heterocycles. The summed E-state index contributed by atoms with van der Waals surface area (Å²) >= 11 is 0. The van der Waals surface area contributed by atoms with Crippen molar-refractivity contribution >= 4 is 11.8 Å². The van der Waals surface area contributed by atoms with Crippen LogP contribution in [0.1, 0.15) is 36.3 Å². The minimum atomic E-state index is -4.75. The molecule has 1 unspecified atom stereocenters. The van der Waals surface area contributed by atoms with Crippen LogP contribution < -0.4 is 14.4 Å². The predicted molar refractivity (Wildman–Crippen MR) is 132 cm³/mol. The number of piperidine rings is 1. The fourth-order valence-corrected chi connectivity index (χ4v) is 5.32. The molecule has 0 radical (unpaired) electrons. The van der Waals surface area contributed by atoms with Gasteiger partial charge in [0.15, 0.2) is 12.4 Å². The molecule has 1 fully saturated rings. The predicted octanol–water partition coefficient (Wildman–Crippen LogP) is 4.26. The van der Waals surface area contributed by atoms with E-state index in [1.165, 1.54) is 12.1 Å². The van der Waals surface area contributed by atoms with Crippen molar-refractivity contribution in [2.24, 2.45) is 0 Å². The molecule has 0 amide bonds. The number of tetrazole rings is 1. The standard InChI is InChI=1S/C26H23F3N6O5/c27-26(28,29)38-17-7-5-16(6-8-17)19-14-25(39-20-4-2-1-3-18(19)20)9-11-34(12-10-25)22-13-21(40-32-22)24-30-33-35(31-24)15-23(36)37/h1-8,13,19H,9-12,14-15H2,(H,36,37). The molecule has 0 aliphatic carbocycles. The summed E-state index contributed by atoms with van der Waals surface area (Å²) in [4.78, 5) is 13.9. The number of benzene rings is 2. The highest BCUT2D eigenvalue weighted by Crippen LogP contribution is 2.48. The SMILES string of the molecule is O=C(O)Cn1nnc(-c2cc(N3CCC4(CC3)CC(c3ccc(OC(F)(F)F)cc3)c3ccccc3O4)no2)n1. The van der Waals surface area contributed by atoms with Crippen LogP contribution in [-0.2, 0) is 11.3 Å². The number of ether oxygens (including phenoxy) is 2. The molecule has 2 aromatic heterocycles. The van der Waals surface area contributed by atoms with Crippen molar-refractivity contribution in [3.8, 4) is 23.1 Å². The average molecular weight is 557 g/mol. The number of halogens is 3. The lowest BCUT2D eigenvalue weighted by atomic mass is 9.75.